The summed E-state index contributed by atoms with van der Waals surface area (Å²) in [5.74, 6) is -0.252. The molecule has 6 rings (SSSR count). The Hall–Kier alpha value is -5.70. The van der Waals surface area contributed by atoms with E-state index in [1.165, 1.54) is 0 Å². The monoisotopic (exact) mass is 778 g/mol. The van der Waals surface area contributed by atoms with Crippen molar-refractivity contribution in [2.24, 2.45) is 11.8 Å². The number of nitrogens with one attached hydrogen (secondary N) is 5. The van der Waals surface area contributed by atoms with Crippen LogP contribution in [0.5, 0.6) is 0 Å². The largest absolute Gasteiger partial charge is 0.444 e. The Morgan fingerprint density at radius 1 is 0.930 bits per heavy atom. The summed E-state index contributed by atoms with van der Waals surface area (Å²) in [5, 5.41) is 26.0. The number of rotatable bonds is 12. The maximum Gasteiger partial charge on any atom is 0.407 e. The first-order valence-electron chi connectivity index (χ1n) is 19.8. The third-order valence-corrected chi connectivity index (χ3v) is 10.5. The van der Waals surface area contributed by atoms with Crippen LogP contribution in [0.2, 0.25) is 0 Å². The molecule has 4 aromatic rings. The number of anilines is 1. The van der Waals surface area contributed by atoms with Crippen molar-refractivity contribution in [2.45, 2.75) is 90.3 Å². The second-order valence-corrected chi connectivity index (χ2v) is 16.3. The summed E-state index contributed by atoms with van der Waals surface area (Å²) in [6.07, 6.45) is 4.68. The predicted octanol–water partition coefficient (Wildman–Crippen LogP) is 5.06. The summed E-state index contributed by atoms with van der Waals surface area (Å²) in [4.78, 5) is 59.6. The molecule has 0 bridgehead atoms. The van der Waals surface area contributed by atoms with Crippen LogP contribution in [0.1, 0.15) is 81.0 Å². The highest BCUT2D eigenvalue weighted by atomic mass is 16.6. The number of pyridine rings is 1. The van der Waals surface area contributed by atoms with Gasteiger partial charge in [-0.25, -0.2) is 9.78 Å². The molecule has 2 aliphatic rings. The second-order valence-electron chi connectivity index (χ2n) is 16.3. The highest BCUT2D eigenvalue weighted by molar-refractivity contribution is 5.98. The average molecular weight is 779 g/mol. The molecule has 2 atom stereocenters. The standard InChI is InChI=1S/C42H54N10O5/c1-26-34(20-21-35(44-26)39(54)46-33-7-6-22-52(5)25-33)29-12-8-27(9-13-29)23-36(40(55)45-32-18-16-30(17-19-32)37-48-50-51-49-37)47-38(53)31-14-10-28(11-15-31)24-43-41(56)57-42(2,3)4/h8-9,12-13,16-21,28,31,33,36H,6-7,10-11,14-15,22-25H2,1-5H3,(H,43,56)(H,45,55)(H,46,54)(H,47,53)(H,48,49,50,51)/t28?,31?,33?,36-/m0/s1. The van der Waals surface area contributed by atoms with Crippen molar-refractivity contribution >= 4 is 29.5 Å². The Labute approximate surface area is 333 Å². The van der Waals surface area contributed by atoms with Crippen molar-refractivity contribution in [3.63, 3.8) is 0 Å². The zero-order valence-corrected chi connectivity index (χ0v) is 33.4. The molecule has 0 radical (unpaired) electrons. The number of piperidine rings is 1. The van der Waals surface area contributed by atoms with Crippen LogP contribution in [0.25, 0.3) is 22.5 Å². The Kier molecular flexibility index (Phi) is 13.3. The van der Waals surface area contributed by atoms with Crippen molar-refractivity contribution in [1.29, 1.82) is 0 Å². The number of ether oxygens (including phenoxy) is 1. The van der Waals surface area contributed by atoms with Crippen molar-refractivity contribution in [3.05, 3.63) is 77.6 Å². The number of aromatic nitrogens is 5. The summed E-state index contributed by atoms with van der Waals surface area (Å²) >= 11 is 0. The molecule has 15 nitrogen and oxygen atoms in total. The lowest BCUT2D eigenvalue weighted by atomic mass is 9.81. The Morgan fingerprint density at radius 2 is 1.65 bits per heavy atom. The molecule has 1 aliphatic carbocycles. The lowest BCUT2D eigenvalue weighted by Gasteiger charge is -2.30. The summed E-state index contributed by atoms with van der Waals surface area (Å²) in [7, 11) is 2.07. The van der Waals surface area contributed by atoms with Gasteiger partial charge in [-0.15, -0.1) is 10.2 Å². The zero-order chi connectivity index (χ0) is 40.5. The van der Waals surface area contributed by atoms with E-state index in [9.17, 15) is 19.2 Å². The predicted molar refractivity (Wildman–Crippen MR) is 216 cm³/mol. The van der Waals surface area contributed by atoms with Crippen LogP contribution in [0, 0.1) is 18.8 Å². The number of nitrogens with zero attached hydrogens (tertiary/aromatic N) is 5. The van der Waals surface area contributed by atoms with Crippen LogP contribution in [0.3, 0.4) is 0 Å². The summed E-state index contributed by atoms with van der Waals surface area (Å²) in [6, 6.07) is 17.9. The number of H-pyrrole nitrogens is 1. The summed E-state index contributed by atoms with van der Waals surface area (Å²) in [5.41, 5.74) is 4.54. The number of aryl methyl sites for hydroxylation is 1. The molecule has 1 saturated heterocycles. The minimum Gasteiger partial charge on any atom is -0.444 e. The van der Waals surface area contributed by atoms with Gasteiger partial charge in [0.25, 0.3) is 5.91 Å². The lowest BCUT2D eigenvalue weighted by Crippen LogP contribution is -2.48. The number of tetrazole rings is 1. The fourth-order valence-corrected chi connectivity index (χ4v) is 7.48. The summed E-state index contributed by atoms with van der Waals surface area (Å²) in [6.45, 7) is 9.73. The number of carbonyl (C=O) groups excluding carboxylic acids is 4. The maximum atomic E-state index is 13.8. The fourth-order valence-electron chi connectivity index (χ4n) is 7.48. The molecule has 15 heteroatoms. The minimum atomic E-state index is -0.850. The third kappa shape index (κ3) is 11.7. The van der Waals surface area contributed by atoms with Crippen LogP contribution in [-0.4, -0.2) is 98.7 Å². The number of hydrogen-bond acceptors (Lipinski definition) is 10. The fraction of sp³-hybridized carbons (Fsp3) is 0.476. The minimum absolute atomic E-state index is 0.111. The van der Waals surface area contributed by atoms with Crippen LogP contribution in [0.4, 0.5) is 10.5 Å². The molecule has 302 valence electrons. The van der Waals surface area contributed by atoms with Gasteiger partial charge in [0.2, 0.25) is 17.6 Å². The number of amides is 4. The molecule has 0 spiro atoms. The lowest BCUT2D eigenvalue weighted by molar-refractivity contribution is -0.130. The molecule has 1 aliphatic heterocycles. The first-order valence-corrected chi connectivity index (χ1v) is 19.8. The van der Waals surface area contributed by atoms with Crippen LogP contribution < -0.4 is 21.3 Å². The van der Waals surface area contributed by atoms with Crippen LogP contribution >= 0.6 is 0 Å². The Bertz CT molecular complexity index is 1990. The summed E-state index contributed by atoms with van der Waals surface area (Å²) < 4.78 is 5.36. The van der Waals surface area contributed by atoms with Gasteiger partial charge in [-0.3, -0.25) is 14.4 Å². The zero-order valence-electron chi connectivity index (χ0n) is 33.4. The Balaban J connectivity index is 1.10. The average Bonchev–Trinajstić information content (AvgIpc) is 3.72. The molecule has 2 fully saturated rings. The highest BCUT2D eigenvalue weighted by Gasteiger charge is 2.30. The molecule has 1 unspecified atom stereocenters. The van der Waals surface area contributed by atoms with E-state index in [0.29, 0.717) is 36.6 Å². The van der Waals surface area contributed by atoms with E-state index < -0.39 is 17.7 Å². The van der Waals surface area contributed by atoms with Gasteiger partial charge in [-0.2, -0.15) is 5.21 Å². The molecule has 2 aromatic carbocycles. The van der Waals surface area contributed by atoms with E-state index in [2.05, 4.69) is 58.8 Å². The topological polar surface area (TPSA) is 196 Å². The number of aromatic amines is 1. The van der Waals surface area contributed by atoms with E-state index in [1.807, 2.05) is 58.0 Å². The first kappa shape index (κ1) is 40.9. The molecule has 5 N–H and O–H groups in total. The van der Waals surface area contributed by atoms with Crippen molar-refractivity contribution < 1.29 is 23.9 Å². The van der Waals surface area contributed by atoms with E-state index in [-0.39, 0.29) is 42.0 Å². The van der Waals surface area contributed by atoms with Crippen LogP contribution in [-0.2, 0) is 20.7 Å². The molecule has 3 heterocycles. The van der Waals surface area contributed by atoms with E-state index in [0.717, 1.165) is 66.7 Å². The molecule has 2 aromatic heterocycles. The number of carbonyl (C=O) groups is 4. The van der Waals surface area contributed by atoms with Gasteiger partial charge in [-0.1, -0.05) is 30.3 Å². The van der Waals surface area contributed by atoms with Gasteiger partial charge in [0.15, 0.2) is 0 Å². The van der Waals surface area contributed by atoms with Gasteiger partial charge in [-0.05, 0) is 132 Å². The van der Waals surface area contributed by atoms with E-state index in [1.54, 1.807) is 30.3 Å². The van der Waals surface area contributed by atoms with Gasteiger partial charge < -0.3 is 30.9 Å². The van der Waals surface area contributed by atoms with Crippen LogP contribution in [0.15, 0.2) is 60.7 Å². The highest BCUT2D eigenvalue weighted by Crippen LogP contribution is 2.29. The van der Waals surface area contributed by atoms with E-state index >= 15 is 0 Å². The number of likely N-dealkylation sites (N-methyl/N-ethyl adjacent to an activating group) is 1. The maximum absolute atomic E-state index is 13.8. The third-order valence-electron chi connectivity index (χ3n) is 10.5. The smallest absolute Gasteiger partial charge is 0.407 e. The van der Waals surface area contributed by atoms with Gasteiger partial charge in [0.05, 0.1) is 0 Å². The second kappa shape index (κ2) is 18.5. The first-order chi connectivity index (χ1) is 27.3. The SMILES string of the molecule is Cc1nc(C(=O)NC2CCCN(C)C2)ccc1-c1ccc(C[C@H](NC(=O)C2CCC(CNC(=O)OC(C)(C)C)CC2)C(=O)Nc2ccc(-c3nn[nH]n3)cc2)cc1. The Morgan fingerprint density at radius 3 is 2.30 bits per heavy atom. The van der Waals surface area contributed by atoms with E-state index in [4.69, 9.17) is 4.74 Å². The van der Waals surface area contributed by atoms with Crippen molar-refractivity contribution in [2.75, 3.05) is 32.0 Å². The molecule has 1 saturated carbocycles. The number of hydrogen-bond donors (Lipinski definition) is 5. The van der Waals surface area contributed by atoms with Crippen molar-refractivity contribution in [3.8, 4) is 22.5 Å². The molecule has 57 heavy (non-hydrogen) atoms. The number of alkyl carbamates (subject to hydrolysis) is 1. The van der Waals surface area contributed by atoms with Crippen molar-refractivity contribution in [1.82, 2.24) is 46.5 Å². The number of benzene rings is 2. The molecular formula is C42H54N10O5. The number of likely N-dealkylation sites (tertiary alicyclic amines) is 1. The van der Waals surface area contributed by atoms with Gasteiger partial charge in [0.1, 0.15) is 17.3 Å². The van der Waals surface area contributed by atoms with Gasteiger partial charge in [0, 0.05) is 54.0 Å². The normalized spacial score (nSPS) is 19.2. The van der Waals surface area contributed by atoms with Gasteiger partial charge >= 0.3 is 6.09 Å². The quantitative estimate of drug-likeness (QED) is 0.130. The molecule has 4 amide bonds. The molecular weight excluding hydrogens is 725 g/mol.